The number of aromatic nitrogens is 7. The molecule has 0 saturated carbocycles. The van der Waals surface area contributed by atoms with Gasteiger partial charge in [-0.15, -0.1) is 0 Å². The second-order valence-electron chi connectivity index (χ2n) is 5.61. The van der Waals surface area contributed by atoms with Crippen molar-refractivity contribution < 1.29 is 0 Å². The summed E-state index contributed by atoms with van der Waals surface area (Å²) in [6, 6.07) is 1.89. The minimum absolute atomic E-state index is 0.0601. The fourth-order valence-electron chi connectivity index (χ4n) is 2.27. The summed E-state index contributed by atoms with van der Waals surface area (Å²) in [4.78, 5) is 12.9. The molecule has 0 fully saturated rings. The van der Waals surface area contributed by atoms with Crippen LogP contribution in [-0.4, -0.2) is 34.5 Å². The maximum absolute atomic E-state index is 4.73. The molecule has 3 rings (SSSR count). The third-order valence-corrected chi connectivity index (χ3v) is 3.59. The van der Waals surface area contributed by atoms with E-state index in [1.54, 1.807) is 17.2 Å². The summed E-state index contributed by atoms with van der Waals surface area (Å²) in [7, 11) is 0. The Morgan fingerprint density at radius 2 is 1.95 bits per heavy atom. The van der Waals surface area contributed by atoms with Crippen LogP contribution in [0.4, 0.5) is 0 Å². The summed E-state index contributed by atoms with van der Waals surface area (Å²) in [5.41, 5.74) is 2.03. The first-order valence-corrected chi connectivity index (χ1v) is 7.30. The Hall–Kier alpha value is -2.57. The SMILES string of the molecule is Cc1cnccc1-n1nc(C(C)C)nc1[C@@H](C)n1cncn1. The normalized spacial score (nSPS) is 12.8. The first-order valence-electron chi connectivity index (χ1n) is 7.30. The van der Waals surface area contributed by atoms with Crippen molar-refractivity contribution in [3.05, 3.63) is 48.3 Å². The molecule has 0 aliphatic carbocycles. The average Bonchev–Trinajstić information content (AvgIpc) is 3.17. The summed E-state index contributed by atoms with van der Waals surface area (Å²) in [6.07, 6.45) is 6.81. The molecule has 0 amide bonds. The Labute approximate surface area is 129 Å². The number of pyridine rings is 1. The lowest BCUT2D eigenvalue weighted by atomic mass is 10.2. The van der Waals surface area contributed by atoms with E-state index in [9.17, 15) is 0 Å². The van der Waals surface area contributed by atoms with Gasteiger partial charge >= 0.3 is 0 Å². The number of rotatable bonds is 4. The van der Waals surface area contributed by atoms with Crippen LogP contribution in [0.25, 0.3) is 5.69 Å². The molecule has 0 spiro atoms. The Morgan fingerprint density at radius 3 is 2.59 bits per heavy atom. The molecule has 7 nitrogen and oxygen atoms in total. The highest BCUT2D eigenvalue weighted by Crippen LogP contribution is 2.22. The zero-order chi connectivity index (χ0) is 15.7. The highest BCUT2D eigenvalue weighted by atomic mass is 15.4. The van der Waals surface area contributed by atoms with Crippen molar-refractivity contribution in [2.24, 2.45) is 0 Å². The van der Waals surface area contributed by atoms with E-state index < -0.39 is 0 Å². The van der Waals surface area contributed by atoms with E-state index in [0.717, 1.165) is 22.9 Å². The van der Waals surface area contributed by atoms with Gasteiger partial charge in [0.25, 0.3) is 0 Å². The molecule has 114 valence electrons. The molecule has 0 aliphatic rings. The van der Waals surface area contributed by atoms with Crippen molar-refractivity contribution in [3.63, 3.8) is 0 Å². The lowest BCUT2D eigenvalue weighted by molar-refractivity contribution is 0.521. The molecule has 0 bridgehead atoms. The van der Waals surface area contributed by atoms with Crippen LogP contribution >= 0.6 is 0 Å². The standard InChI is InChI=1S/C15H19N7/c1-10(2)14-19-15(12(4)21-9-17-8-18-21)22(20-14)13-5-6-16-7-11(13)3/h5-10,12H,1-4H3/t12-/m1/s1. The molecule has 7 heteroatoms. The van der Waals surface area contributed by atoms with Gasteiger partial charge in [-0.2, -0.15) is 10.2 Å². The first kappa shape index (κ1) is 14.4. The van der Waals surface area contributed by atoms with E-state index in [-0.39, 0.29) is 12.0 Å². The monoisotopic (exact) mass is 297 g/mol. The van der Waals surface area contributed by atoms with E-state index in [1.165, 1.54) is 6.33 Å². The van der Waals surface area contributed by atoms with Crippen LogP contribution in [-0.2, 0) is 0 Å². The zero-order valence-corrected chi connectivity index (χ0v) is 13.2. The van der Waals surface area contributed by atoms with E-state index in [1.807, 2.05) is 30.8 Å². The quantitative estimate of drug-likeness (QED) is 0.738. The lowest BCUT2D eigenvalue weighted by Crippen LogP contribution is -2.14. The molecule has 0 N–H and O–H groups in total. The van der Waals surface area contributed by atoms with Crippen molar-refractivity contribution >= 4 is 0 Å². The first-order chi connectivity index (χ1) is 10.6. The van der Waals surface area contributed by atoms with Crippen LogP contribution in [0.5, 0.6) is 0 Å². The fraction of sp³-hybridized carbons (Fsp3) is 0.400. The van der Waals surface area contributed by atoms with E-state index in [4.69, 9.17) is 4.98 Å². The summed E-state index contributed by atoms with van der Waals surface area (Å²) < 4.78 is 3.67. The summed E-state index contributed by atoms with van der Waals surface area (Å²) >= 11 is 0. The highest BCUT2D eigenvalue weighted by molar-refractivity contribution is 5.38. The molecule has 0 aliphatic heterocycles. The molecule has 0 radical (unpaired) electrons. The molecule has 3 heterocycles. The second-order valence-corrected chi connectivity index (χ2v) is 5.61. The minimum atomic E-state index is -0.0601. The highest BCUT2D eigenvalue weighted by Gasteiger charge is 2.21. The van der Waals surface area contributed by atoms with Gasteiger partial charge in [0.15, 0.2) is 11.6 Å². The van der Waals surface area contributed by atoms with E-state index in [2.05, 4.69) is 34.0 Å². The van der Waals surface area contributed by atoms with Gasteiger partial charge in [0.2, 0.25) is 0 Å². The summed E-state index contributed by atoms with van der Waals surface area (Å²) in [6.45, 7) is 8.23. The molecule has 3 aromatic heterocycles. The zero-order valence-electron chi connectivity index (χ0n) is 13.2. The van der Waals surface area contributed by atoms with E-state index >= 15 is 0 Å². The lowest BCUT2D eigenvalue weighted by Gasteiger charge is -2.13. The van der Waals surface area contributed by atoms with Crippen LogP contribution in [0.2, 0.25) is 0 Å². The average molecular weight is 297 g/mol. The molecule has 0 aromatic carbocycles. The maximum atomic E-state index is 4.73. The fourth-order valence-corrected chi connectivity index (χ4v) is 2.27. The minimum Gasteiger partial charge on any atom is -0.264 e. The van der Waals surface area contributed by atoms with Crippen molar-refractivity contribution in [2.45, 2.75) is 39.7 Å². The van der Waals surface area contributed by atoms with Gasteiger partial charge in [-0.25, -0.2) is 19.3 Å². The molecule has 0 unspecified atom stereocenters. The van der Waals surface area contributed by atoms with Crippen molar-refractivity contribution in [2.75, 3.05) is 0 Å². The molecule has 22 heavy (non-hydrogen) atoms. The second kappa shape index (κ2) is 5.67. The number of hydrogen-bond donors (Lipinski definition) is 0. The predicted molar refractivity (Wildman–Crippen MR) is 81.8 cm³/mol. The Balaban J connectivity index is 2.15. The van der Waals surface area contributed by atoms with Crippen molar-refractivity contribution in [1.29, 1.82) is 0 Å². The number of aryl methyl sites for hydroxylation is 1. The number of hydrogen-bond acceptors (Lipinski definition) is 5. The molecule has 1 atom stereocenters. The van der Waals surface area contributed by atoms with Gasteiger partial charge in [-0.05, 0) is 25.5 Å². The van der Waals surface area contributed by atoms with Gasteiger partial charge in [-0.1, -0.05) is 13.8 Å². The summed E-state index contributed by atoms with van der Waals surface area (Å²) in [5, 5.41) is 8.90. The third kappa shape index (κ3) is 2.49. The largest absolute Gasteiger partial charge is 0.264 e. The van der Waals surface area contributed by atoms with Crippen LogP contribution in [0.3, 0.4) is 0 Å². The number of nitrogens with zero attached hydrogens (tertiary/aromatic N) is 7. The van der Waals surface area contributed by atoms with Gasteiger partial charge in [0, 0.05) is 18.3 Å². The van der Waals surface area contributed by atoms with Gasteiger partial charge < -0.3 is 0 Å². The van der Waals surface area contributed by atoms with Gasteiger partial charge in [0.05, 0.1) is 5.69 Å². The van der Waals surface area contributed by atoms with Gasteiger partial charge in [0.1, 0.15) is 18.7 Å². The molecular formula is C15H19N7. The summed E-state index contributed by atoms with van der Waals surface area (Å²) in [5.74, 6) is 1.91. The smallest absolute Gasteiger partial charge is 0.157 e. The Morgan fingerprint density at radius 1 is 1.14 bits per heavy atom. The van der Waals surface area contributed by atoms with Crippen LogP contribution in [0, 0.1) is 6.92 Å². The van der Waals surface area contributed by atoms with Crippen molar-refractivity contribution in [3.8, 4) is 5.69 Å². The maximum Gasteiger partial charge on any atom is 0.157 e. The Kier molecular flexibility index (Phi) is 3.70. The molecule has 3 aromatic rings. The van der Waals surface area contributed by atoms with Crippen LogP contribution in [0.15, 0.2) is 31.1 Å². The molecular weight excluding hydrogens is 278 g/mol. The Bertz CT molecular complexity index is 758. The topological polar surface area (TPSA) is 74.3 Å². The predicted octanol–water partition coefficient (Wildman–Crippen LogP) is 2.29. The van der Waals surface area contributed by atoms with Crippen LogP contribution < -0.4 is 0 Å². The van der Waals surface area contributed by atoms with Gasteiger partial charge in [-0.3, -0.25) is 4.98 Å². The van der Waals surface area contributed by atoms with E-state index in [0.29, 0.717) is 0 Å². The third-order valence-electron chi connectivity index (χ3n) is 3.59. The van der Waals surface area contributed by atoms with Crippen LogP contribution in [0.1, 0.15) is 49.9 Å². The van der Waals surface area contributed by atoms with Crippen molar-refractivity contribution in [1.82, 2.24) is 34.5 Å². The molecule has 0 saturated heterocycles.